The van der Waals surface area contributed by atoms with Crippen LogP contribution >= 0.6 is 15.9 Å². The van der Waals surface area contributed by atoms with E-state index in [0.29, 0.717) is 10.2 Å². The van der Waals surface area contributed by atoms with Crippen molar-refractivity contribution in [2.75, 3.05) is 0 Å². The van der Waals surface area contributed by atoms with Gasteiger partial charge in [-0.1, -0.05) is 28.1 Å². The molecule has 0 fully saturated rings. The van der Waals surface area contributed by atoms with E-state index in [4.69, 9.17) is 0 Å². The van der Waals surface area contributed by atoms with E-state index in [1.807, 2.05) is 0 Å². The lowest BCUT2D eigenvalue weighted by Gasteiger charge is -2.18. The number of benzene rings is 1. The number of hydrogen-bond acceptors (Lipinski definition) is 2. The Hall–Kier alpha value is -1.40. The number of hydrogen-bond donors (Lipinski definition) is 1. The Morgan fingerprint density at radius 3 is 2.62 bits per heavy atom. The van der Waals surface area contributed by atoms with E-state index in [0.717, 1.165) is 11.6 Å². The second kappa shape index (κ2) is 6.15. The molecular weight excluding hydrogens is 347 g/mol. The summed E-state index contributed by atoms with van der Waals surface area (Å²) >= 11 is 3.02. The zero-order chi connectivity index (χ0) is 15.6. The van der Waals surface area contributed by atoms with Gasteiger partial charge in [-0.05, 0) is 36.2 Å². The van der Waals surface area contributed by atoms with Crippen LogP contribution in [0.2, 0.25) is 0 Å². The number of pyridine rings is 1. The number of aliphatic hydroxyl groups excluding tert-OH is 1. The van der Waals surface area contributed by atoms with Crippen LogP contribution in [-0.4, -0.2) is 10.1 Å². The topological polar surface area (TPSA) is 33.1 Å². The number of aromatic nitrogens is 1. The molecule has 0 saturated carbocycles. The van der Waals surface area contributed by atoms with E-state index in [-0.39, 0.29) is 12.0 Å². The van der Waals surface area contributed by atoms with Gasteiger partial charge >= 0.3 is 6.18 Å². The van der Waals surface area contributed by atoms with Crippen molar-refractivity contribution < 1.29 is 18.3 Å². The van der Waals surface area contributed by atoms with Gasteiger partial charge in [-0.3, -0.25) is 4.98 Å². The molecular formula is C15H13BrF3NO. The standard InChI is InChI=1S/C15H13BrF3NO/c1-9-3-2-6-20-13(9)8-14(21)11-5-4-10(16)7-12(11)15(17,18)19/h2-7,14,21H,8H2,1H3. The maximum atomic E-state index is 13.1. The second-order valence-electron chi connectivity index (χ2n) is 4.72. The van der Waals surface area contributed by atoms with E-state index in [1.165, 1.54) is 12.1 Å². The molecule has 1 aromatic heterocycles. The molecule has 0 aliphatic carbocycles. The first-order valence-electron chi connectivity index (χ1n) is 6.24. The molecule has 2 nitrogen and oxygen atoms in total. The highest BCUT2D eigenvalue weighted by molar-refractivity contribution is 9.10. The summed E-state index contributed by atoms with van der Waals surface area (Å²) < 4.78 is 39.5. The number of rotatable bonds is 3. The molecule has 2 aromatic rings. The first kappa shape index (κ1) is 16.0. The molecule has 0 radical (unpaired) electrons. The SMILES string of the molecule is Cc1cccnc1CC(O)c1ccc(Br)cc1C(F)(F)F. The lowest BCUT2D eigenvalue weighted by Crippen LogP contribution is -2.14. The average Bonchev–Trinajstić information content (AvgIpc) is 2.40. The highest BCUT2D eigenvalue weighted by atomic mass is 79.9. The number of halogens is 4. The van der Waals surface area contributed by atoms with Crippen molar-refractivity contribution >= 4 is 15.9 Å². The van der Waals surface area contributed by atoms with Crippen molar-refractivity contribution in [1.82, 2.24) is 4.98 Å². The van der Waals surface area contributed by atoms with Gasteiger partial charge in [0.2, 0.25) is 0 Å². The van der Waals surface area contributed by atoms with Crippen molar-refractivity contribution in [3.63, 3.8) is 0 Å². The van der Waals surface area contributed by atoms with Crippen LogP contribution in [0.4, 0.5) is 13.2 Å². The summed E-state index contributed by atoms with van der Waals surface area (Å²) in [6.45, 7) is 1.81. The zero-order valence-electron chi connectivity index (χ0n) is 11.2. The maximum Gasteiger partial charge on any atom is 0.416 e. The summed E-state index contributed by atoms with van der Waals surface area (Å²) in [6.07, 6.45) is -4.18. The average molecular weight is 360 g/mol. The molecule has 0 amide bonds. The third-order valence-electron chi connectivity index (χ3n) is 3.18. The summed E-state index contributed by atoms with van der Waals surface area (Å²) in [4.78, 5) is 4.10. The summed E-state index contributed by atoms with van der Waals surface area (Å²) in [5.41, 5.74) is 0.442. The van der Waals surface area contributed by atoms with Crippen LogP contribution in [0, 0.1) is 6.92 Å². The fourth-order valence-corrected chi connectivity index (χ4v) is 2.45. The van der Waals surface area contributed by atoms with Gasteiger partial charge in [0.25, 0.3) is 0 Å². The molecule has 1 N–H and O–H groups in total. The Balaban J connectivity index is 2.36. The van der Waals surface area contributed by atoms with Gasteiger partial charge in [0.15, 0.2) is 0 Å². The highest BCUT2D eigenvalue weighted by Crippen LogP contribution is 2.37. The van der Waals surface area contributed by atoms with E-state index in [2.05, 4.69) is 20.9 Å². The largest absolute Gasteiger partial charge is 0.416 e. The monoisotopic (exact) mass is 359 g/mol. The van der Waals surface area contributed by atoms with Crippen molar-refractivity contribution in [1.29, 1.82) is 0 Å². The number of aliphatic hydroxyl groups is 1. The summed E-state index contributed by atoms with van der Waals surface area (Å²) in [5, 5.41) is 10.2. The Labute approximate surface area is 128 Å². The van der Waals surface area contributed by atoms with E-state index in [1.54, 1.807) is 25.3 Å². The smallest absolute Gasteiger partial charge is 0.388 e. The minimum absolute atomic E-state index is 0.0391. The van der Waals surface area contributed by atoms with Crippen molar-refractivity contribution in [3.8, 4) is 0 Å². The zero-order valence-corrected chi connectivity index (χ0v) is 12.7. The van der Waals surface area contributed by atoms with Gasteiger partial charge in [-0.2, -0.15) is 13.2 Å². The summed E-state index contributed by atoms with van der Waals surface area (Å²) in [6, 6.07) is 7.30. The molecule has 112 valence electrons. The predicted octanol–water partition coefficient (Wildman–Crippen LogP) is 4.45. The number of aryl methyl sites for hydroxylation is 1. The molecule has 0 spiro atoms. The van der Waals surface area contributed by atoms with E-state index in [9.17, 15) is 18.3 Å². The first-order chi connectivity index (χ1) is 9.79. The minimum Gasteiger partial charge on any atom is -0.388 e. The van der Waals surface area contributed by atoms with E-state index >= 15 is 0 Å². The van der Waals surface area contributed by atoms with Gasteiger partial charge in [0, 0.05) is 22.8 Å². The molecule has 0 bridgehead atoms. The van der Waals surface area contributed by atoms with Crippen LogP contribution < -0.4 is 0 Å². The molecule has 2 rings (SSSR count). The summed E-state index contributed by atoms with van der Waals surface area (Å²) in [5.74, 6) is 0. The third kappa shape index (κ3) is 3.83. The first-order valence-corrected chi connectivity index (χ1v) is 7.03. The lowest BCUT2D eigenvalue weighted by atomic mass is 9.97. The second-order valence-corrected chi connectivity index (χ2v) is 5.63. The Kier molecular flexibility index (Phi) is 4.68. The molecule has 6 heteroatoms. The van der Waals surface area contributed by atoms with Crippen molar-refractivity contribution in [2.45, 2.75) is 25.6 Å². The molecule has 21 heavy (non-hydrogen) atoms. The fourth-order valence-electron chi connectivity index (χ4n) is 2.09. The molecule has 0 aliphatic heterocycles. The Morgan fingerprint density at radius 1 is 1.29 bits per heavy atom. The van der Waals surface area contributed by atoms with Crippen LogP contribution in [0.5, 0.6) is 0 Å². The molecule has 1 unspecified atom stereocenters. The third-order valence-corrected chi connectivity index (χ3v) is 3.68. The van der Waals surface area contributed by atoms with Crippen molar-refractivity contribution in [2.24, 2.45) is 0 Å². The van der Waals surface area contributed by atoms with Crippen LogP contribution in [0.15, 0.2) is 41.0 Å². The predicted molar refractivity (Wildman–Crippen MR) is 76.8 cm³/mol. The van der Waals surface area contributed by atoms with Gasteiger partial charge in [-0.15, -0.1) is 0 Å². The van der Waals surface area contributed by atoms with Gasteiger partial charge < -0.3 is 5.11 Å². The molecule has 1 heterocycles. The number of nitrogens with zero attached hydrogens (tertiary/aromatic N) is 1. The van der Waals surface area contributed by atoms with Gasteiger partial charge in [0.1, 0.15) is 0 Å². The fraction of sp³-hybridized carbons (Fsp3) is 0.267. The maximum absolute atomic E-state index is 13.1. The minimum atomic E-state index is -4.51. The quantitative estimate of drug-likeness (QED) is 0.878. The Morgan fingerprint density at radius 2 is 2.00 bits per heavy atom. The lowest BCUT2D eigenvalue weighted by molar-refractivity contribution is -0.139. The van der Waals surface area contributed by atoms with E-state index < -0.39 is 17.8 Å². The number of alkyl halides is 3. The molecule has 0 aliphatic rings. The van der Waals surface area contributed by atoms with Crippen LogP contribution in [0.3, 0.4) is 0 Å². The van der Waals surface area contributed by atoms with Crippen LogP contribution in [0.1, 0.15) is 28.5 Å². The molecule has 1 atom stereocenters. The van der Waals surface area contributed by atoms with Crippen LogP contribution in [0.25, 0.3) is 0 Å². The van der Waals surface area contributed by atoms with Crippen LogP contribution in [-0.2, 0) is 12.6 Å². The summed E-state index contributed by atoms with van der Waals surface area (Å²) in [7, 11) is 0. The molecule has 0 saturated heterocycles. The normalized spacial score (nSPS) is 13.2. The highest BCUT2D eigenvalue weighted by Gasteiger charge is 2.35. The van der Waals surface area contributed by atoms with Crippen molar-refractivity contribution in [3.05, 3.63) is 63.4 Å². The van der Waals surface area contributed by atoms with Gasteiger partial charge in [0.05, 0.1) is 11.7 Å². The Bertz CT molecular complexity index is 643. The molecule has 1 aromatic carbocycles. The van der Waals surface area contributed by atoms with Gasteiger partial charge in [-0.25, -0.2) is 0 Å².